The quantitative estimate of drug-likeness (QED) is 0.778. The summed E-state index contributed by atoms with van der Waals surface area (Å²) < 4.78 is 0. The first-order valence-electron chi connectivity index (χ1n) is 4.35. The normalized spacial score (nSPS) is 10.4. The maximum atomic E-state index is 4.53. The van der Waals surface area contributed by atoms with Gasteiger partial charge in [0, 0.05) is 22.0 Å². The van der Waals surface area contributed by atoms with Gasteiger partial charge >= 0.3 is 0 Å². The Morgan fingerprint density at radius 1 is 1.15 bits per heavy atom. The zero-order valence-electron chi connectivity index (χ0n) is 7.69. The van der Waals surface area contributed by atoms with Crippen LogP contribution in [0.25, 0.3) is 0 Å². The fourth-order valence-electron chi connectivity index (χ4n) is 1.24. The lowest BCUT2D eigenvalue weighted by atomic mass is 10.1. The van der Waals surface area contributed by atoms with Gasteiger partial charge in [0.2, 0.25) is 0 Å². The molecule has 0 atom stereocenters. The van der Waals surface area contributed by atoms with Gasteiger partial charge in [0.25, 0.3) is 0 Å². The van der Waals surface area contributed by atoms with Gasteiger partial charge in [-0.1, -0.05) is 37.9 Å². The molecule has 1 aromatic heterocycles. The summed E-state index contributed by atoms with van der Waals surface area (Å²) in [5.74, 6) is 0. The van der Waals surface area contributed by atoms with E-state index in [1.807, 2.05) is 0 Å². The van der Waals surface area contributed by atoms with Crippen LogP contribution in [0.2, 0.25) is 0 Å². The highest BCUT2D eigenvalue weighted by Crippen LogP contribution is 2.09. The molecule has 0 saturated carbocycles. The monoisotopic (exact) mass is 305 g/mol. The van der Waals surface area contributed by atoms with Gasteiger partial charge < -0.3 is 0 Å². The Hall–Kier alpha value is 0.110. The van der Waals surface area contributed by atoms with Crippen molar-refractivity contribution in [1.29, 1.82) is 0 Å². The van der Waals surface area contributed by atoms with E-state index in [0.717, 1.165) is 29.2 Å². The number of pyridine rings is 1. The van der Waals surface area contributed by atoms with Crippen molar-refractivity contribution >= 4 is 31.9 Å². The molecule has 1 heterocycles. The molecule has 0 aromatic carbocycles. The third-order valence-corrected chi connectivity index (χ3v) is 2.76. The standard InChI is InChI=1S/C10H13Br2N/c1-8-9(4-6-11)2-3-10(13-8)5-7-12/h2-3H,4-7H2,1H3. The van der Waals surface area contributed by atoms with Crippen LogP contribution in [-0.2, 0) is 12.8 Å². The summed E-state index contributed by atoms with van der Waals surface area (Å²) in [7, 11) is 0. The number of halogens is 2. The van der Waals surface area contributed by atoms with Crippen molar-refractivity contribution in [3.63, 3.8) is 0 Å². The number of hydrogen-bond acceptors (Lipinski definition) is 1. The second-order valence-electron chi connectivity index (χ2n) is 2.93. The minimum absolute atomic E-state index is 0.983. The Labute approximate surface area is 96.2 Å². The van der Waals surface area contributed by atoms with Crippen LogP contribution >= 0.6 is 31.9 Å². The van der Waals surface area contributed by atoms with Gasteiger partial charge in [-0.05, 0) is 31.4 Å². The maximum Gasteiger partial charge on any atom is 0.0415 e. The van der Waals surface area contributed by atoms with E-state index in [4.69, 9.17) is 0 Å². The van der Waals surface area contributed by atoms with Crippen LogP contribution in [0.5, 0.6) is 0 Å². The molecule has 1 aromatic rings. The Balaban J connectivity index is 2.79. The van der Waals surface area contributed by atoms with E-state index in [-0.39, 0.29) is 0 Å². The highest BCUT2D eigenvalue weighted by Gasteiger charge is 2.00. The molecule has 1 nitrogen and oxygen atoms in total. The van der Waals surface area contributed by atoms with E-state index in [2.05, 4.69) is 55.9 Å². The minimum Gasteiger partial charge on any atom is -0.258 e. The number of rotatable bonds is 4. The number of alkyl halides is 2. The summed E-state index contributed by atoms with van der Waals surface area (Å²) >= 11 is 6.85. The van der Waals surface area contributed by atoms with Crippen molar-refractivity contribution < 1.29 is 0 Å². The Morgan fingerprint density at radius 2 is 1.85 bits per heavy atom. The Morgan fingerprint density at radius 3 is 2.38 bits per heavy atom. The maximum absolute atomic E-state index is 4.53. The van der Waals surface area contributed by atoms with E-state index >= 15 is 0 Å². The molecule has 0 fully saturated rings. The molecule has 0 aliphatic heterocycles. The van der Waals surface area contributed by atoms with Crippen molar-refractivity contribution in [3.05, 3.63) is 29.1 Å². The molecule has 0 aliphatic carbocycles. The van der Waals surface area contributed by atoms with Crippen LogP contribution in [0.15, 0.2) is 12.1 Å². The van der Waals surface area contributed by atoms with Gasteiger partial charge in [-0.25, -0.2) is 0 Å². The average molecular weight is 307 g/mol. The van der Waals surface area contributed by atoms with Crippen LogP contribution in [0.3, 0.4) is 0 Å². The summed E-state index contributed by atoms with van der Waals surface area (Å²) in [6, 6.07) is 4.30. The molecule has 0 amide bonds. The SMILES string of the molecule is Cc1nc(CCBr)ccc1CCBr. The summed E-state index contributed by atoms with van der Waals surface area (Å²) in [5.41, 5.74) is 3.68. The van der Waals surface area contributed by atoms with Crippen LogP contribution < -0.4 is 0 Å². The highest BCUT2D eigenvalue weighted by molar-refractivity contribution is 9.09. The fraction of sp³-hybridized carbons (Fsp3) is 0.500. The molecular formula is C10H13Br2N. The molecule has 0 spiro atoms. The smallest absolute Gasteiger partial charge is 0.0415 e. The summed E-state index contributed by atoms with van der Waals surface area (Å²) in [5, 5.41) is 1.99. The van der Waals surface area contributed by atoms with E-state index in [1.54, 1.807) is 0 Å². The third-order valence-electron chi connectivity index (χ3n) is 1.97. The molecule has 3 heteroatoms. The molecule has 72 valence electrons. The number of hydrogen-bond donors (Lipinski definition) is 0. The lowest BCUT2D eigenvalue weighted by molar-refractivity contribution is 0.979. The Bertz CT molecular complexity index is 274. The predicted octanol–water partition coefficient (Wildman–Crippen LogP) is 3.26. The molecule has 1 rings (SSSR count). The second-order valence-corrected chi connectivity index (χ2v) is 4.51. The van der Waals surface area contributed by atoms with E-state index in [0.29, 0.717) is 0 Å². The van der Waals surface area contributed by atoms with Gasteiger partial charge in [-0.3, -0.25) is 4.98 Å². The first-order valence-corrected chi connectivity index (χ1v) is 6.59. The Kier molecular flexibility index (Phi) is 4.96. The van der Waals surface area contributed by atoms with Gasteiger partial charge in [-0.2, -0.15) is 0 Å². The van der Waals surface area contributed by atoms with E-state index in [9.17, 15) is 0 Å². The topological polar surface area (TPSA) is 12.9 Å². The van der Waals surface area contributed by atoms with Crippen molar-refractivity contribution in [2.24, 2.45) is 0 Å². The van der Waals surface area contributed by atoms with Gasteiger partial charge in [0.15, 0.2) is 0 Å². The largest absolute Gasteiger partial charge is 0.258 e. The summed E-state index contributed by atoms with van der Waals surface area (Å²) in [6.45, 7) is 2.08. The fourth-order valence-corrected chi connectivity index (χ4v) is 2.08. The van der Waals surface area contributed by atoms with Crippen LogP contribution in [-0.4, -0.2) is 15.6 Å². The van der Waals surface area contributed by atoms with Gasteiger partial charge in [0.05, 0.1) is 0 Å². The molecule has 0 bridgehead atoms. The lowest BCUT2D eigenvalue weighted by Gasteiger charge is -2.05. The molecule has 0 N–H and O–H groups in total. The predicted molar refractivity (Wildman–Crippen MR) is 64.0 cm³/mol. The van der Waals surface area contributed by atoms with Gasteiger partial charge in [0.1, 0.15) is 0 Å². The minimum atomic E-state index is 0.983. The first-order chi connectivity index (χ1) is 6.27. The van der Waals surface area contributed by atoms with Crippen molar-refractivity contribution in [2.45, 2.75) is 19.8 Å². The number of nitrogens with zero attached hydrogens (tertiary/aromatic N) is 1. The molecular weight excluding hydrogens is 294 g/mol. The van der Waals surface area contributed by atoms with Crippen molar-refractivity contribution in [1.82, 2.24) is 4.98 Å². The molecule has 0 aliphatic rings. The highest BCUT2D eigenvalue weighted by atomic mass is 79.9. The zero-order valence-corrected chi connectivity index (χ0v) is 10.9. The average Bonchev–Trinajstić information content (AvgIpc) is 2.10. The molecule has 0 saturated heterocycles. The molecule has 0 radical (unpaired) electrons. The van der Waals surface area contributed by atoms with Crippen LogP contribution in [0.1, 0.15) is 17.0 Å². The lowest BCUT2D eigenvalue weighted by Crippen LogP contribution is -1.98. The zero-order chi connectivity index (χ0) is 9.68. The summed E-state index contributed by atoms with van der Waals surface area (Å²) in [6.07, 6.45) is 2.07. The van der Waals surface area contributed by atoms with E-state index in [1.165, 1.54) is 11.3 Å². The van der Waals surface area contributed by atoms with Gasteiger partial charge in [-0.15, -0.1) is 0 Å². The third kappa shape index (κ3) is 3.39. The number of aryl methyl sites for hydroxylation is 3. The number of aromatic nitrogens is 1. The molecule has 0 unspecified atom stereocenters. The van der Waals surface area contributed by atoms with E-state index < -0.39 is 0 Å². The molecule has 13 heavy (non-hydrogen) atoms. The van der Waals surface area contributed by atoms with Crippen LogP contribution in [0, 0.1) is 6.92 Å². The second kappa shape index (κ2) is 5.76. The van der Waals surface area contributed by atoms with Crippen molar-refractivity contribution in [2.75, 3.05) is 10.7 Å². The summed E-state index contributed by atoms with van der Waals surface area (Å²) in [4.78, 5) is 4.53. The first kappa shape index (κ1) is 11.2. The van der Waals surface area contributed by atoms with Crippen LogP contribution in [0.4, 0.5) is 0 Å². The van der Waals surface area contributed by atoms with Crippen molar-refractivity contribution in [3.8, 4) is 0 Å².